The number of rotatable bonds is 1. The molecule has 4 heteroatoms. The fourth-order valence-corrected chi connectivity index (χ4v) is 2.91. The fourth-order valence-electron chi connectivity index (χ4n) is 2.91. The standard InChI is InChI=1S/C12H20N4/c1-8(2)11-14-12-13-7-9-5-3-4-6-10(9)16(12)15-11/h8-10H,3-7H2,1-2H3,(H,13,14,15). The second kappa shape index (κ2) is 3.75. The Kier molecular flexibility index (Phi) is 2.37. The van der Waals surface area contributed by atoms with Crippen LogP contribution in [0.4, 0.5) is 5.95 Å². The first kappa shape index (κ1) is 10.1. The molecule has 0 saturated heterocycles. The van der Waals surface area contributed by atoms with Gasteiger partial charge in [0.15, 0.2) is 5.82 Å². The van der Waals surface area contributed by atoms with Crippen LogP contribution in [0.5, 0.6) is 0 Å². The minimum atomic E-state index is 0.418. The molecular weight excluding hydrogens is 200 g/mol. The van der Waals surface area contributed by atoms with E-state index in [0.717, 1.165) is 24.2 Å². The van der Waals surface area contributed by atoms with Crippen molar-refractivity contribution in [3.8, 4) is 0 Å². The van der Waals surface area contributed by atoms with Gasteiger partial charge in [0.25, 0.3) is 0 Å². The van der Waals surface area contributed by atoms with Crippen molar-refractivity contribution in [2.24, 2.45) is 5.92 Å². The number of anilines is 1. The van der Waals surface area contributed by atoms with Gasteiger partial charge in [-0.3, -0.25) is 0 Å². The van der Waals surface area contributed by atoms with Gasteiger partial charge in [0.05, 0.1) is 6.04 Å². The Hall–Kier alpha value is -1.06. The molecule has 0 spiro atoms. The largest absolute Gasteiger partial charge is 0.354 e. The average molecular weight is 220 g/mol. The first-order chi connectivity index (χ1) is 7.75. The Balaban J connectivity index is 1.94. The Morgan fingerprint density at radius 2 is 2.12 bits per heavy atom. The van der Waals surface area contributed by atoms with Gasteiger partial charge in [-0.25, -0.2) is 4.68 Å². The number of nitrogens with one attached hydrogen (secondary N) is 1. The van der Waals surface area contributed by atoms with Crippen molar-refractivity contribution in [2.75, 3.05) is 11.9 Å². The number of nitrogens with zero attached hydrogens (tertiary/aromatic N) is 3. The van der Waals surface area contributed by atoms with Gasteiger partial charge in [0.1, 0.15) is 0 Å². The van der Waals surface area contributed by atoms with Crippen molar-refractivity contribution in [1.29, 1.82) is 0 Å². The summed E-state index contributed by atoms with van der Waals surface area (Å²) in [5.41, 5.74) is 0. The van der Waals surface area contributed by atoms with Crippen LogP contribution in [-0.2, 0) is 0 Å². The van der Waals surface area contributed by atoms with E-state index >= 15 is 0 Å². The van der Waals surface area contributed by atoms with E-state index in [1.54, 1.807) is 0 Å². The maximum absolute atomic E-state index is 4.68. The van der Waals surface area contributed by atoms with Gasteiger partial charge in [-0.2, -0.15) is 10.1 Å². The predicted octanol–water partition coefficient (Wildman–Crippen LogP) is 2.56. The zero-order valence-corrected chi connectivity index (χ0v) is 10.1. The minimum Gasteiger partial charge on any atom is -0.354 e. The summed E-state index contributed by atoms with van der Waals surface area (Å²) in [5.74, 6) is 3.16. The van der Waals surface area contributed by atoms with Crippen LogP contribution in [0.2, 0.25) is 0 Å². The Bertz CT molecular complexity index is 382. The van der Waals surface area contributed by atoms with Gasteiger partial charge in [-0.15, -0.1) is 0 Å². The molecule has 2 unspecified atom stereocenters. The lowest BCUT2D eigenvalue weighted by molar-refractivity contribution is 0.221. The Morgan fingerprint density at radius 1 is 1.31 bits per heavy atom. The second-order valence-corrected chi connectivity index (χ2v) is 5.39. The summed E-state index contributed by atoms with van der Waals surface area (Å²) >= 11 is 0. The van der Waals surface area contributed by atoms with Crippen LogP contribution in [0.1, 0.15) is 57.3 Å². The Labute approximate surface area is 96.4 Å². The van der Waals surface area contributed by atoms with Crippen LogP contribution in [0, 0.1) is 5.92 Å². The summed E-state index contributed by atoms with van der Waals surface area (Å²) in [7, 11) is 0. The number of aromatic nitrogens is 3. The van der Waals surface area contributed by atoms with Gasteiger partial charge >= 0.3 is 0 Å². The van der Waals surface area contributed by atoms with Crippen LogP contribution >= 0.6 is 0 Å². The lowest BCUT2D eigenvalue weighted by atomic mass is 9.84. The SMILES string of the molecule is CC(C)c1nc2n(n1)C1CCCCC1CN2. The first-order valence-corrected chi connectivity index (χ1v) is 6.46. The summed E-state index contributed by atoms with van der Waals surface area (Å²) in [6.45, 7) is 5.39. The highest BCUT2D eigenvalue weighted by molar-refractivity contribution is 5.29. The number of fused-ring (bicyclic) bond motifs is 3. The van der Waals surface area contributed by atoms with Crippen molar-refractivity contribution in [3.63, 3.8) is 0 Å². The molecule has 0 aromatic carbocycles. The molecule has 1 aliphatic heterocycles. The summed E-state index contributed by atoms with van der Waals surface area (Å²) < 4.78 is 2.16. The number of hydrogen-bond donors (Lipinski definition) is 1. The summed E-state index contributed by atoms with van der Waals surface area (Å²) in [5, 5.41) is 8.10. The smallest absolute Gasteiger partial charge is 0.221 e. The molecule has 88 valence electrons. The third-order valence-corrected chi connectivity index (χ3v) is 3.87. The maximum atomic E-state index is 4.68. The topological polar surface area (TPSA) is 42.7 Å². The molecule has 4 nitrogen and oxygen atoms in total. The van der Waals surface area contributed by atoms with Crippen molar-refractivity contribution >= 4 is 5.95 Å². The van der Waals surface area contributed by atoms with Crippen LogP contribution in [0.25, 0.3) is 0 Å². The van der Waals surface area contributed by atoms with Crippen LogP contribution in [0.3, 0.4) is 0 Å². The highest BCUT2D eigenvalue weighted by Gasteiger charge is 2.33. The molecule has 1 fully saturated rings. The summed E-state index contributed by atoms with van der Waals surface area (Å²) in [6.07, 6.45) is 5.34. The van der Waals surface area contributed by atoms with Gasteiger partial charge in [-0.05, 0) is 18.8 Å². The molecule has 0 amide bonds. The Morgan fingerprint density at radius 3 is 2.94 bits per heavy atom. The molecule has 2 aliphatic rings. The fraction of sp³-hybridized carbons (Fsp3) is 0.833. The van der Waals surface area contributed by atoms with E-state index in [9.17, 15) is 0 Å². The lowest BCUT2D eigenvalue weighted by Crippen LogP contribution is -2.35. The van der Waals surface area contributed by atoms with Crippen LogP contribution < -0.4 is 5.32 Å². The molecular formula is C12H20N4. The van der Waals surface area contributed by atoms with Crippen molar-refractivity contribution in [2.45, 2.75) is 51.5 Å². The van der Waals surface area contributed by atoms with E-state index < -0.39 is 0 Å². The lowest BCUT2D eigenvalue weighted by Gasteiger charge is -2.36. The zero-order chi connectivity index (χ0) is 11.1. The normalized spacial score (nSPS) is 28.4. The third kappa shape index (κ3) is 1.51. The van der Waals surface area contributed by atoms with E-state index in [0.29, 0.717) is 12.0 Å². The molecule has 1 aromatic heterocycles. The summed E-state index contributed by atoms with van der Waals surface area (Å²) in [6, 6.07) is 0.602. The average Bonchev–Trinajstić information content (AvgIpc) is 2.73. The third-order valence-electron chi connectivity index (χ3n) is 3.87. The molecule has 3 rings (SSSR count). The zero-order valence-electron chi connectivity index (χ0n) is 10.1. The van der Waals surface area contributed by atoms with Gasteiger partial charge in [0.2, 0.25) is 5.95 Å². The van der Waals surface area contributed by atoms with Crippen molar-refractivity contribution in [3.05, 3.63) is 5.82 Å². The molecule has 1 saturated carbocycles. The molecule has 2 atom stereocenters. The molecule has 1 N–H and O–H groups in total. The van der Waals surface area contributed by atoms with Gasteiger partial charge < -0.3 is 5.32 Å². The van der Waals surface area contributed by atoms with Crippen LogP contribution in [-0.4, -0.2) is 21.3 Å². The highest BCUT2D eigenvalue weighted by atomic mass is 15.4. The van der Waals surface area contributed by atoms with Gasteiger partial charge in [-0.1, -0.05) is 26.7 Å². The van der Waals surface area contributed by atoms with Crippen molar-refractivity contribution < 1.29 is 0 Å². The first-order valence-electron chi connectivity index (χ1n) is 6.46. The van der Waals surface area contributed by atoms with Gasteiger partial charge in [0, 0.05) is 12.5 Å². The quantitative estimate of drug-likeness (QED) is 0.791. The monoisotopic (exact) mass is 220 g/mol. The molecule has 2 heterocycles. The van der Waals surface area contributed by atoms with E-state index in [1.165, 1.54) is 25.7 Å². The van der Waals surface area contributed by atoms with Crippen LogP contribution in [0.15, 0.2) is 0 Å². The maximum Gasteiger partial charge on any atom is 0.221 e. The molecule has 1 aromatic rings. The van der Waals surface area contributed by atoms with E-state index in [4.69, 9.17) is 0 Å². The molecule has 0 bridgehead atoms. The second-order valence-electron chi connectivity index (χ2n) is 5.39. The molecule has 16 heavy (non-hydrogen) atoms. The van der Waals surface area contributed by atoms with E-state index in [1.807, 2.05) is 0 Å². The predicted molar refractivity (Wildman–Crippen MR) is 63.6 cm³/mol. The molecule has 0 radical (unpaired) electrons. The highest BCUT2D eigenvalue weighted by Crippen LogP contribution is 2.38. The minimum absolute atomic E-state index is 0.418. The molecule has 1 aliphatic carbocycles. The number of hydrogen-bond acceptors (Lipinski definition) is 3. The van der Waals surface area contributed by atoms with E-state index in [2.05, 4.69) is 33.9 Å². The van der Waals surface area contributed by atoms with Crippen molar-refractivity contribution in [1.82, 2.24) is 14.8 Å². The summed E-state index contributed by atoms with van der Waals surface area (Å²) in [4.78, 5) is 4.58. The van der Waals surface area contributed by atoms with E-state index in [-0.39, 0.29) is 0 Å².